The zero-order valence-electron chi connectivity index (χ0n) is 18.7. The van der Waals surface area contributed by atoms with E-state index in [2.05, 4.69) is 17.1 Å². The lowest BCUT2D eigenvalue weighted by Gasteiger charge is -2.21. The van der Waals surface area contributed by atoms with Crippen molar-refractivity contribution in [2.75, 3.05) is 19.7 Å². The van der Waals surface area contributed by atoms with Crippen molar-refractivity contribution < 1.29 is 17.9 Å². The third-order valence-electron chi connectivity index (χ3n) is 4.84. The molecule has 0 atom stereocenters. The van der Waals surface area contributed by atoms with Gasteiger partial charge in [-0.15, -0.1) is 0 Å². The van der Waals surface area contributed by atoms with Gasteiger partial charge in [0.25, 0.3) is 5.91 Å². The van der Waals surface area contributed by atoms with Crippen LogP contribution in [-0.4, -0.2) is 44.5 Å². The Morgan fingerprint density at radius 1 is 0.971 bits per heavy atom. The van der Waals surface area contributed by atoms with E-state index < -0.39 is 15.9 Å². The fourth-order valence-electron chi connectivity index (χ4n) is 3.10. The average molecular weight is 478 g/mol. The molecule has 0 aromatic heterocycles. The Hall–Kier alpha value is -3.75. The first kappa shape index (κ1) is 24.9. The summed E-state index contributed by atoms with van der Waals surface area (Å²) >= 11 is 0. The predicted octanol–water partition coefficient (Wildman–Crippen LogP) is 3.64. The maximum Gasteiger partial charge on any atom is 0.255 e. The lowest BCUT2D eigenvalue weighted by atomic mass is 10.1. The summed E-state index contributed by atoms with van der Waals surface area (Å²) in [5, 5.41) is 3.96. The minimum absolute atomic E-state index is 0.137. The predicted molar refractivity (Wildman–Crippen MR) is 133 cm³/mol. The Balaban J connectivity index is 1.65. The van der Waals surface area contributed by atoms with Gasteiger partial charge in [-0.2, -0.15) is 9.41 Å². The van der Waals surface area contributed by atoms with E-state index in [0.29, 0.717) is 18.8 Å². The van der Waals surface area contributed by atoms with Crippen LogP contribution in [0.5, 0.6) is 5.75 Å². The van der Waals surface area contributed by atoms with E-state index in [1.807, 2.05) is 30.3 Å². The van der Waals surface area contributed by atoms with E-state index in [1.165, 1.54) is 22.7 Å². The van der Waals surface area contributed by atoms with Gasteiger partial charge < -0.3 is 4.74 Å². The number of nitrogens with one attached hydrogen (secondary N) is 1. The van der Waals surface area contributed by atoms with Gasteiger partial charge in [0.05, 0.1) is 17.7 Å². The Bertz CT molecular complexity index is 1200. The summed E-state index contributed by atoms with van der Waals surface area (Å²) in [5.41, 5.74) is 4.15. The SMILES string of the molecule is C=CCOc1ccc(/C=N/NC(=O)CN(CCc2ccccc2)S(=O)(=O)c2ccccc2)cc1. The summed E-state index contributed by atoms with van der Waals surface area (Å²) in [7, 11) is -3.86. The molecule has 0 saturated carbocycles. The van der Waals surface area contributed by atoms with Crippen LogP contribution in [0.1, 0.15) is 11.1 Å². The molecular weight excluding hydrogens is 450 g/mol. The lowest BCUT2D eigenvalue weighted by molar-refractivity contribution is -0.121. The number of rotatable bonds is 12. The number of ether oxygens (including phenoxy) is 1. The van der Waals surface area contributed by atoms with Crippen LogP contribution >= 0.6 is 0 Å². The van der Waals surface area contributed by atoms with E-state index >= 15 is 0 Å². The third kappa shape index (κ3) is 7.40. The van der Waals surface area contributed by atoms with E-state index in [4.69, 9.17) is 4.74 Å². The smallest absolute Gasteiger partial charge is 0.255 e. The van der Waals surface area contributed by atoms with Gasteiger partial charge in [-0.25, -0.2) is 13.8 Å². The maximum absolute atomic E-state index is 13.2. The van der Waals surface area contributed by atoms with Crippen LogP contribution in [0.3, 0.4) is 0 Å². The monoisotopic (exact) mass is 477 g/mol. The van der Waals surface area contributed by atoms with Crippen LogP contribution in [0.4, 0.5) is 0 Å². The second kappa shape index (κ2) is 12.5. The molecule has 7 nitrogen and oxygen atoms in total. The summed E-state index contributed by atoms with van der Waals surface area (Å²) in [6.45, 7) is 3.82. The molecule has 3 aromatic rings. The van der Waals surface area contributed by atoms with Crippen molar-refractivity contribution in [2.24, 2.45) is 5.10 Å². The van der Waals surface area contributed by atoms with Crippen molar-refractivity contribution >= 4 is 22.1 Å². The summed E-state index contributed by atoms with van der Waals surface area (Å²) in [4.78, 5) is 12.7. The number of hydrogen-bond donors (Lipinski definition) is 1. The maximum atomic E-state index is 13.2. The van der Waals surface area contributed by atoms with E-state index in [-0.39, 0.29) is 18.0 Å². The molecule has 0 unspecified atom stereocenters. The molecule has 0 aliphatic heterocycles. The van der Waals surface area contributed by atoms with Gasteiger partial charge in [-0.3, -0.25) is 4.79 Å². The van der Waals surface area contributed by atoms with Gasteiger partial charge in [0.2, 0.25) is 10.0 Å². The Labute approximate surface area is 200 Å². The van der Waals surface area contributed by atoms with Gasteiger partial charge >= 0.3 is 0 Å². The van der Waals surface area contributed by atoms with Crippen LogP contribution < -0.4 is 10.2 Å². The first-order valence-corrected chi connectivity index (χ1v) is 12.2. The Morgan fingerprint density at radius 3 is 2.26 bits per heavy atom. The van der Waals surface area contributed by atoms with Crippen LogP contribution in [0, 0.1) is 0 Å². The summed E-state index contributed by atoms with van der Waals surface area (Å²) in [6, 6.07) is 24.8. The van der Waals surface area contributed by atoms with Crippen molar-refractivity contribution in [1.29, 1.82) is 0 Å². The fourth-order valence-corrected chi connectivity index (χ4v) is 4.52. The first-order valence-electron chi connectivity index (χ1n) is 10.7. The average Bonchev–Trinajstić information content (AvgIpc) is 2.87. The lowest BCUT2D eigenvalue weighted by Crippen LogP contribution is -2.40. The quantitative estimate of drug-likeness (QED) is 0.245. The molecule has 0 fully saturated rings. The molecule has 0 aliphatic carbocycles. The molecule has 0 saturated heterocycles. The summed E-state index contributed by atoms with van der Waals surface area (Å²) in [5.74, 6) is 0.163. The molecule has 3 aromatic carbocycles. The van der Waals surface area contributed by atoms with Crippen LogP contribution in [0.15, 0.2) is 108 Å². The summed E-state index contributed by atoms with van der Waals surface area (Å²) < 4.78 is 33.0. The number of amides is 1. The van der Waals surface area contributed by atoms with Crippen molar-refractivity contribution in [3.05, 3.63) is 109 Å². The highest BCUT2D eigenvalue weighted by Gasteiger charge is 2.26. The number of hydrogen-bond acceptors (Lipinski definition) is 5. The summed E-state index contributed by atoms with van der Waals surface area (Å²) in [6.07, 6.45) is 3.62. The highest BCUT2D eigenvalue weighted by molar-refractivity contribution is 7.89. The molecule has 0 spiro atoms. The molecule has 1 N–H and O–H groups in total. The zero-order valence-corrected chi connectivity index (χ0v) is 19.5. The molecule has 0 bridgehead atoms. The van der Waals surface area contributed by atoms with Gasteiger partial charge in [0.1, 0.15) is 12.4 Å². The van der Waals surface area contributed by atoms with Crippen molar-refractivity contribution in [3.8, 4) is 5.75 Å². The topological polar surface area (TPSA) is 88.1 Å². The number of hydrazone groups is 1. The fraction of sp³-hybridized carbons (Fsp3) is 0.154. The van der Waals surface area contributed by atoms with Crippen LogP contribution in [0.25, 0.3) is 0 Å². The van der Waals surface area contributed by atoms with Crippen molar-refractivity contribution in [1.82, 2.24) is 9.73 Å². The zero-order chi connectivity index (χ0) is 24.2. The molecule has 176 valence electrons. The number of nitrogens with zero attached hydrogens (tertiary/aromatic N) is 2. The molecule has 0 aliphatic rings. The van der Waals surface area contributed by atoms with Crippen molar-refractivity contribution in [2.45, 2.75) is 11.3 Å². The number of carbonyl (C=O) groups excluding carboxylic acids is 1. The highest BCUT2D eigenvalue weighted by Crippen LogP contribution is 2.16. The standard InChI is InChI=1S/C26H27N3O4S/c1-2-19-33-24-15-13-23(14-16-24)20-27-28-26(30)21-29(18-17-22-9-5-3-6-10-22)34(31,32)25-11-7-4-8-12-25/h2-16,20H,1,17-19,21H2,(H,28,30)/b27-20+. The van der Waals surface area contributed by atoms with E-state index in [1.54, 1.807) is 48.5 Å². The minimum Gasteiger partial charge on any atom is -0.490 e. The first-order chi connectivity index (χ1) is 16.5. The van der Waals surface area contributed by atoms with Gasteiger partial charge in [0, 0.05) is 6.54 Å². The molecule has 3 rings (SSSR count). The largest absolute Gasteiger partial charge is 0.490 e. The van der Waals surface area contributed by atoms with Crippen LogP contribution in [-0.2, 0) is 21.2 Å². The number of sulfonamides is 1. The second-order valence-electron chi connectivity index (χ2n) is 7.35. The Kier molecular flexibility index (Phi) is 9.13. The van der Waals surface area contributed by atoms with Gasteiger partial charge in [-0.1, -0.05) is 61.2 Å². The normalized spacial score (nSPS) is 11.4. The second-order valence-corrected chi connectivity index (χ2v) is 9.29. The minimum atomic E-state index is -3.86. The molecule has 0 radical (unpaired) electrons. The van der Waals surface area contributed by atoms with Crippen LogP contribution in [0.2, 0.25) is 0 Å². The molecule has 0 heterocycles. The van der Waals surface area contributed by atoms with Crippen molar-refractivity contribution in [3.63, 3.8) is 0 Å². The molecule has 34 heavy (non-hydrogen) atoms. The van der Waals surface area contributed by atoms with E-state index in [9.17, 15) is 13.2 Å². The Morgan fingerprint density at radius 2 is 1.62 bits per heavy atom. The highest BCUT2D eigenvalue weighted by atomic mass is 32.2. The molecule has 1 amide bonds. The van der Waals surface area contributed by atoms with E-state index in [0.717, 1.165) is 11.1 Å². The van der Waals surface area contributed by atoms with Gasteiger partial charge in [0.15, 0.2) is 0 Å². The molecule has 8 heteroatoms. The molecular formula is C26H27N3O4S. The number of carbonyl (C=O) groups is 1. The third-order valence-corrected chi connectivity index (χ3v) is 6.70. The van der Waals surface area contributed by atoms with Gasteiger partial charge in [-0.05, 0) is 53.9 Å². The number of benzene rings is 3.